The zero-order valence-corrected chi connectivity index (χ0v) is 14.1. The fourth-order valence-corrected chi connectivity index (χ4v) is 2.29. The first-order valence-electron chi connectivity index (χ1n) is 6.97. The van der Waals surface area contributed by atoms with E-state index < -0.39 is 9.85 Å². The molecule has 0 bridgehead atoms. The standard InChI is InChI=1S/C15H14N4O5S/c1-9-3-5-11(13(7-9)19(22)23)16-15(25)17-12-6-4-10(18(20)21)8-14(12)24-2/h3-8H,1-2H3,(H2,16,17,25). The number of non-ortho nitro benzene ring substituents is 1. The molecule has 2 rings (SSSR count). The van der Waals surface area contributed by atoms with E-state index in [1.54, 1.807) is 19.1 Å². The summed E-state index contributed by atoms with van der Waals surface area (Å²) < 4.78 is 5.10. The molecule has 0 spiro atoms. The summed E-state index contributed by atoms with van der Waals surface area (Å²) in [7, 11) is 1.37. The van der Waals surface area contributed by atoms with Gasteiger partial charge in [-0.15, -0.1) is 0 Å². The average Bonchev–Trinajstić information content (AvgIpc) is 2.56. The second-order valence-electron chi connectivity index (χ2n) is 5.00. The summed E-state index contributed by atoms with van der Waals surface area (Å²) in [6.07, 6.45) is 0. The molecular formula is C15H14N4O5S. The van der Waals surface area contributed by atoms with Crippen LogP contribution in [0.2, 0.25) is 0 Å². The van der Waals surface area contributed by atoms with Crippen molar-refractivity contribution in [1.29, 1.82) is 0 Å². The Labute approximate surface area is 147 Å². The van der Waals surface area contributed by atoms with Gasteiger partial charge in [0.1, 0.15) is 11.4 Å². The van der Waals surface area contributed by atoms with Gasteiger partial charge in [0.15, 0.2) is 5.11 Å². The second kappa shape index (κ2) is 7.53. The fourth-order valence-electron chi connectivity index (χ4n) is 2.07. The maximum Gasteiger partial charge on any atom is 0.292 e. The van der Waals surface area contributed by atoms with E-state index in [2.05, 4.69) is 10.6 Å². The van der Waals surface area contributed by atoms with Gasteiger partial charge in [-0.2, -0.15) is 0 Å². The molecular weight excluding hydrogens is 348 g/mol. The third kappa shape index (κ3) is 4.38. The number of nitro groups is 2. The highest BCUT2D eigenvalue weighted by Crippen LogP contribution is 2.30. The summed E-state index contributed by atoms with van der Waals surface area (Å²) in [6, 6.07) is 8.67. The summed E-state index contributed by atoms with van der Waals surface area (Å²) in [5.41, 5.74) is 1.12. The normalized spacial score (nSPS) is 10.0. The van der Waals surface area contributed by atoms with Crippen molar-refractivity contribution in [3.8, 4) is 5.75 Å². The maximum atomic E-state index is 11.1. The molecule has 2 aromatic carbocycles. The van der Waals surface area contributed by atoms with E-state index in [0.717, 1.165) is 5.56 Å². The number of hydrogen-bond acceptors (Lipinski definition) is 6. The van der Waals surface area contributed by atoms with Gasteiger partial charge in [-0.1, -0.05) is 6.07 Å². The summed E-state index contributed by atoms with van der Waals surface area (Å²) in [4.78, 5) is 20.9. The predicted octanol–water partition coefficient (Wildman–Crippen LogP) is 3.63. The molecule has 0 aliphatic rings. The van der Waals surface area contributed by atoms with E-state index in [1.165, 1.54) is 31.4 Å². The Hall–Kier alpha value is -3.27. The quantitative estimate of drug-likeness (QED) is 0.470. The number of aryl methyl sites for hydroxylation is 1. The highest BCUT2D eigenvalue weighted by atomic mass is 32.1. The minimum absolute atomic E-state index is 0.0825. The molecule has 0 saturated carbocycles. The number of nitro benzene ring substituents is 2. The molecule has 0 heterocycles. The smallest absolute Gasteiger partial charge is 0.292 e. The lowest BCUT2D eigenvalue weighted by Crippen LogP contribution is -2.20. The Morgan fingerprint density at radius 1 is 1.04 bits per heavy atom. The van der Waals surface area contributed by atoms with Crippen molar-refractivity contribution in [2.45, 2.75) is 6.92 Å². The van der Waals surface area contributed by atoms with Gasteiger partial charge in [0.2, 0.25) is 0 Å². The lowest BCUT2D eigenvalue weighted by atomic mass is 10.2. The van der Waals surface area contributed by atoms with Crippen molar-refractivity contribution >= 4 is 40.1 Å². The van der Waals surface area contributed by atoms with Crippen LogP contribution in [0.5, 0.6) is 5.75 Å². The predicted molar refractivity (Wildman–Crippen MR) is 97.3 cm³/mol. The molecule has 0 atom stereocenters. The highest BCUT2D eigenvalue weighted by molar-refractivity contribution is 7.80. The number of methoxy groups -OCH3 is 1. The van der Waals surface area contributed by atoms with Gasteiger partial charge in [-0.25, -0.2) is 0 Å². The highest BCUT2D eigenvalue weighted by Gasteiger charge is 2.16. The van der Waals surface area contributed by atoms with Crippen LogP contribution < -0.4 is 15.4 Å². The molecule has 130 valence electrons. The Bertz CT molecular complexity index is 856. The van der Waals surface area contributed by atoms with E-state index in [9.17, 15) is 20.2 Å². The van der Waals surface area contributed by atoms with E-state index in [4.69, 9.17) is 17.0 Å². The molecule has 2 aromatic rings. The molecule has 0 radical (unpaired) electrons. The summed E-state index contributed by atoms with van der Waals surface area (Å²) in [5, 5.41) is 27.6. The first-order valence-corrected chi connectivity index (χ1v) is 7.38. The molecule has 0 saturated heterocycles. The largest absolute Gasteiger partial charge is 0.494 e. The first-order chi connectivity index (χ1) is 11.8. The van der Waals surface area contributed by atoms with Gasteiger partial charge in [0.05, 0.1) is 28.7 Å². The van der Waals surface area contributed by atoms with Crippen LogP contribution in [0, 0.1) is 27.2 Å². The Balaban J connectivity index is 2.21. The van der Waals surface area contributed by atoms with Crippen LogP contribution in [0.25, 0.3) is 0 Å². The van der Waals surface area contributed by atoms with Gasteiger partial charge < -0.3 is 15.4 Å². The van der Waals surface area contributed by atoms with Gasteiger partial charge in [-0.05, 0) is 36.8 Å². The number of ether oxygens (including phenoxy) is 1. The number of thiocarbonyl (C=S) groups is 1. The number of rotatable bonds is 5. The first kappa shape index (κ1) is 18.1. The lowest BCUT2D eigenvalue weighted by molar-refractivity contribution is -0.384. The van der Waals surface area contributed by atoms with Crippen LogP contribution in [0.1, 0.15) is 5.56 Å². The molecule has 9 nitrogen and oxygen atoms in total. The van der Waals surface area contributed by atoms with Gasteiger partial charge >= 0.3 is 0 Å². The monoisotopic (exact) mass is 362 g/mol. The molecule has 0 unspecified atom stereocenters. The zero-order valence-electron chi connectivity index (χ0n) is 13.3. The lowest BCUT2D eigenvalue weighted by Gasteiger charge is -2.13. The van der Waals surface area contributed by atoms with Crippen LogP contribution in [-0.2, 0) is 0 Å². The number of hydrogen-bond donors (Lipinski definition) is 2. The van der Waals surface area contributed by atoms with Crippen molar-refractivity contribution < 1.29 is 14.6 Å². The van der Waals surface area contributed by atoms with E-state index >= 15 is 0 Å². The molecule has 0 aliphatic carbocycles. The number of benzene rings is 2. The molecule has 0 aromatic heterocycles. The number of anilines is 2. The minimum atomic E-state index is -0.543. The SMILES string of the molecule is COc1cc([N+](=O)[O-])ccc1NC(=S)Nc1ccc(C)cc1[N+](=O)[O-]. The Morgan fingerprint density at radius 3 is 2.28 bits per heavy atom. The summed E-state index contributed by atoms with van der Waals surface area (Å²) in [6.45, 7) is 1.75. The average molecular weight is 362 g/mol. The van der Waals surface area contributed by atoms with Crippen LogP contribution in [0.15, 0.2) is 36.4 Å². The van der Waals surface area contributed by atoms with Crippen molar-refractivity contribution in [3.05, 3.63) is 62.2 Å². The summed E-state index contributed by atoms with van der Waals surface area (Å²) in [5.74, 6) is 0.219. The van der Waals surface area contributed by atoms with Crippen molar-refractivity contribution in [2.24, 2.45) is 0 Å². The zero-order chi connectivity index (χ0) is 18.6. The minimum Gasteiger partial charge on any atom is -0.494 e. The number of nitrogens with one attached hydrogen (secondary N) is 2. The van der Waals surface area contributed by atoms with Crippen molar-refractivity contribution in [2.75, 3.05) is 17.7 Å². The van der Waals surface area contributed by atoms with Gasteiger partial charge in [-0.3, -0.25) is 20.2 Å². The second-order valence-corrected chi connectivity index (χ2v) is 5.41. The van der Waals surface area contributed by atoms with E-state index in [0.29, 0.717) is 5.69 Å². The van der Waals surface area contributed by atoms with Gasteiger partial charge in [0.25, 0.3) is 11.4 Å². The Kier molecular flexibility index (Phi) is 5.45. The number of nitrogens with zero attached hydrogens (tertiary/aromatic N) is 2. The van der Waals surface area contributed by atoms with E-state index in [1.807, 2.05) is 0 Å². The third-order valence-corrected chi connectivity index (χ3v) is 3.45. The molecule has 2 N–H and O–H groups in total. The molecule has 0 aliphatic heterocycles. The van der Waals surface area contributed by atoms with Crippen LogP contribution >= 0.6 is 12.2 Å². The summed E-state index contributed by atoms with van der Waals surface area (Å²) >= 11 is 5.15. The molecule has 10 heteroatoms. The molecule has 25 heavy (non-hydrogen) atoms. The fraction of sp³-hybridized carbons (Fsp3) is 0.133. The van der Waals surface area contributed by atoms with Crippen molar-refractivity contribution in [3.63, 3.8) is 0 Å². The maximum absolute atomic E-state index is 11.1. The third-order valence-electron chi connectivity index (χ3n) is 3.24. The van der Waals surface area contributed by atoms with Crippen LogP contribution in [0.3, 0.4) is 0 Å². The van der Waals surface area contributed by atoms with Crippen LogP contribution in [-0.4, -0.2) is 22.1 Å². The van der Waals surface area contributed by atoms with Crippen LogP contribution in [0.4, 0.5) is 22.7 Å². The topological polar surface area (TPSA) is 120 Å². The molecule has 0 amide bonds. The van der Waals surface area contributed by atoms with E-state index in [-0.39, 0.29) is 27.9 Å². The molecule has 0 fully saturated rings. The van der Waals surface area contributed by atoms with Gasteiger partial charge in [0, 0.05) is 12.1 Å². The Morgan fingerprint density at radius 2 is 1.68 bits per heavy atom. The van der Waals surface area contributed by atoms with Crippen molar-refractivity contribution in [1.82, 2.24) is 0 Å².